The Balaban J connectivity index is 2.79. The molecule has 0 heterocycles. The smallest absolute Gasteiger partial charge is 0.183 e. The van der Waals surface area contributed by atoms with E-state index in [2.05, 4.69) is 0 Å². The van der Waals surface area contributed by atoms with Crippen LogP contribution in [0.2, 0.25) is 0 Å². The summed E-state index contributed by atoms with van der Waals surface area (Å²) in [5, 5.41) is 19.3. The van der Waals surface area contributed by atoms with Gasteiger partial charge in [-0.05, 0) is 19.4 Å². The third-order valence-electron chi connectivity index (χ3n) is 2.79. The molecule has 0 saturated heterocycles. The molecule has 0 bridgehead atoms. The zero-order valence-corrected chi connectivity index (χ0v) is 11.5. The lowest BCUT2D eigenvalue weighted by Gasteiger charge is -2.19. The summed E-state index contributed by atoms with van der Waals surface area (Å²) in [6, 6.07) is 7.11. The van der Waals surface area contributed by atoms with E-state index >= 15 is 0 Å². The van der Waals surface area contributed by atoms with Gasteiger partial charge in [0.15, 0.2) is 6.29 Å². The fourth-order valence-electron chi connectivity index (χ4n) is 1.74. The van der Waals surface area contributed by atoms with E-state index < -0.39 is 18.5 Å². The van der Waals surface area contributed by atoms with Gasteiger partial charge in [0.2, 0.25) is 0 Å². The fourth-order valence-corrected chi connectivity index (χ4v) is 1.74. The Hall–Kier alpha value is -0.980. The molecule has 0 aromatic heterocycles. The van der Waals surface area contributed by atoms with Crippen molar-refractivity contribution in [3.05, 3.63) is 35.4 Å². The number of rotatable bonds is 8. The first-order valence-corrected chi connectivity index (χ1v) is 6.53. The number of hydrogen-bond acceptors (Lipinski definition) is 5. The predicted octanol–water partition coefficient (Wildman–Crippen LogP) is 1.11. The molecule has 0 saturated carbocycles. The Morgan fingerprint density at radius 3 is 1.89 bits per heavy atom. The number of ether oxygens (including phenoxy) is 2. The molecular formula is C14H23NO4. The number of benzene rings is 1. The van der Waals surface area contributed by atoms with Gasteiger partial charge in [-0.3, -0.25) is 0 Å². The maximum atomic E-state index is 9.83. The summed E-state index contributed by atoms with van der Waals surface area (Å²) in [6.45, 7) is 4.94. The van der Waals surface area contributed by atoms with Gasteiger partial charge in [0.25, 0.3) is 0 Å². The Kier molecular flexibility index (Phi) is 6.97. The minimum absolute atomic E-state index is 0.0173. The van der Waals surface area contributed by atoms with Gasteiger partial charge in [-0.15, -0.1) is 0 Å². The molecule has 5 heteroatoms. The fraction of sp³-hybridized carbons (Fsp3) is 0.571. The van der Waals surface area contributed by atoms with Crippen LogP contribution in [0.15, 0.2) is 24.3 Å². The summed E-state index contributed by atoms with van der Waals surface area (Å²) in [6.07, 6.45) is -2.34. The Morgan fingerprint density at radius 2 is 1.47 bits per heavy atom. The highest BCUT2D eigenvalue weighted by molar-refractivity contribution is 5.25. The third kappa shape index (κ3) is 4.56. The van der Waals surface area contributed by atoms with Gasteiger partial charge in [-0.1, -0.05) is 24.3 Å². The first-order valence-electron chi connectivity index (χ1n) is 6.53. The summed E-state index contributed by atoms with van der Waals surface area (Å²) in [5.41, 5.74) is 6.81. The van der Waals surface area contributed by atoms with Crippen LogP contribution in [0.1, 0.15) is 37.4 Å². The number of aliphatic hydroxyl groups is 2. The van der Waals surface area contributed by atoms with Crippen LogP contribution in [0.25, 0.3) is 0 Å². The highest BCUT2D eigenvalue weighted by Gasteiger charge is 2.17. The van der Waals surface area contributed by atoms with Gasteiger partial charge in [-0.2, -0.15) is 0 Å². The molecule has 0 aliphatic rings. The minimum atomic E-state index is -0.975. The van der Waals surface area contributed by atoms with Gasteiger partial charge in [0, 0.05) is 25.3 Å². The lowest BCUT2D eigenvalue weighted by molar-refractivity contribution is -0.140. The maximum absolute atomic E-state index is 9.83. The molecule has 1 aromatic rings. The average Bonchev–Trinajstić information content (AvgIpc) is 2.45. The highest BCUT2D eigenvalue weighted by atomic mass is 16.7. The highest BCUT2D eigenvalue weighted by Crippen LogP contribution is 2.22. The number of hydrogen-bond donors (Lipinski definition) is 3. The molecule has 19 heavy (non-hydrogen) atoms. The van der Waals surface area contributed by atoms with Crippen molar-refractivity contribution in [2.75, 3.05) is 19.8 Å². The number of aliphatic hydroxyl groups excluding tert-OH is 2. The van der Waals surface area contributed by atoms with E-state index in [9.17, 15) is 10.2 Å². The van der Waals surface area contributed by atoms with Crippen molar-refractivity contribution in [1.82, 2.24) is 0 Å². The minimum Gasteiger partial charge on any atom is -0.389 e. The van der Waals surface area contributed by atoms with Crippen molar-refractivity contribution in [2.24, 2.45) is 5.73 Å². The molecule has 5 nitrogen and oxygen atoms in total. The molecule has 0 aliphatic carbocycles. The van der Waals surface area contributed by atoms with Crippen LogP contribution in [0.5, 0.6) is 0 Å². The second-order valence-corrected chi connectivity index (χ2v) is 4.16. The van der Waals surface area contributed by atoms with Gasteiger partial charge >= 0.3 is 0 Å². The summed E-state index contributed by atoms with van der Waals surface area (Å²) in [5.74, 6) is 0. The van der Waals surface area contributed by atoms with E-state index in [4.69, 9.17) is 15.2 Å². The van der Waals surface area contributed by atoms with E-state index in [-0.39, 0.29) is 6.54 Å². The third-order valence-corrected chi connectivity index (χ3v) is 2.79. The molecule has 0 amide bonds. The molecule has 0 fully saturated rings. The van der Waals surface area contributed by atoms with Crippen molar-refractivity contribution in [1.29, 1.82) is 0 Å². The zero-order chi connectivity index (χ0) is 14.3. The van der Waals surface area contributed by atoms with E-state index in [1.165, 1.54) is 0 Å². The van der Waals surface area contributed by atoms with Crippen molar-refractivity contribution < 1.29 is 19.7 Å². The first kappa shape index (κ1) is 16.1. The molecule has 0 radical (unpaired) electrons. The average molecular weight is 269 g/mol. The normalized spacial score (nSPS) is 14.6. The zero-order valence-electron chi connectivity index (χ0n) is 11.5. The van der Waals surface area contributed by atoms with E-state index in [1.54, 1.807) is 12.1 Å². The van der Waals surface area contributed by atoms with Crippen LogP contribution >= 0.6 is 0 Å². The summed E-state index contributed by atoms with van der Waals surface area (Å²) < 4.78 is 11.0. The summed E-state index contributed by atoms with van der Waals surface area (Å²) in [4.78, 5) is 0. The molecule has 4 N–H and O–H groups in total. The standard InChI is InChI=1S/C14H23NO4/c1-3-18-14(19-4-2)11-7-5-10(6-8-11)13(17)12(16)9-15/h5-8,12-14,16-17H,3-4,9,15H2,1-2H3. The first-order chi connectivity index (χ1) is 9.13. The van der Waals surface area contributed by atoms with Crippen LogP contribution in [0, 0.1) is 0 Å². The molecule has 2 unspecified atom stereocenters. The van der Waals surface area contributed by atoms with Crippen LogP contribution in [-0.2, 0) is 9.47 Å². The van der Waals surface area contributed by atoms with Crippen LogP contribution in [0.4, 0.5) is 0 Å². The molecule has 1 aromatic carbocycles. The van der Waals surface area contributed by atoms with Gasteiger partial charge in [0.1, 0.15) is 6.10 Å². The lowest BCUT2D eigenvalue weighted by Crippen LogP contribution is -2.27. The molecule has 0 spiro atoms. The van der Waals surface area contributed by atoms with E-state index in [0.717, 1.165) is 5.56 Å². The lowest BCUT2D eigenvalue weighted by atomic mass is 10.0. The maximum Gasteiger partial charge on any atom is 0.183 e. The monoisotopic (exact) mass is 269 g/mol. The number of nitrogens with two attached hydrogens (primary N) is 1. The second kappa shape index (κ2) is 8.24. The van der Waals surface area contributed by atoms with E-state index in [1.807, 2.05) is 26.0 Å². The Labute approximate surface area is 114 Å². The van der Waals surface area contributed by atoms with Gasteiger partial charge in [0.05, 0.1) is 6.10 Å². The topological polar surface area (TPSA) is 84.9 Å². The molecule has 1 rings (SSSR count). The molecular weight excluding hydrogens is 246 g/mol. The summed E-state index contributed by atoms with van der Waals surface area (Å²) >= 11 is 0. The molecule has 108 valence electrons. The largest absolute Gasteiger partial charge is 0.389 e. The van der Waals surface area contributed by atoms with Gasteiger partial charge in [-0.25, -0.2) is 0 Å². The Bertz CT molecular complexity index is 349. The van der Waals surface area contributed by atoms with Crippen molar-refractivity contribution in [3.63, 3.8) is 0 Å². The van der Waals surface area contributed by atoms with E-state index in [0.29, 0.717) is 18.8 Å². The molecule has 2 atom stereocenters. The molecule has 0 aliphatic heterocycles. The van der Waals surface area contributed by atoms with Crippen molar-refractivity contribution in [3.8, 4) is 0 Å². The quantitative estimate of drug-likeness (QED) is 0.616. The van der Waals surface area contributed by atoms with Crippen LogP contribution < -0.4 is 5.73 Å². The van der Waals surface area contributed by atoms with Crippen LogP contribution in [-0.4, -0.2) is 36.1 Å². The van der Waals surface area contributed by atoms with Crippen LogP contribution in [0.3, 0.4) is 0 Å². The van der Waals surface area contributed by atoms with Crippen molar-refractivity contribution >= 4 is 0 Å². The van der Waals surface area contributed by atoms with Gasteiger partial charge < -0.3 is 25.4 Å². The Morgan fingerprint density at radius 1 is 1.00 bits per heavy atom. The predicted molar refractivity (Wildman–Crippen MR) is 72.5 cm³/mol. The summed E-state index contributed by atoms with van der Waals surface area (Å²) in [7, 11) is 0. The van der Waals surface area contributed by atoms with Crippen molar-refractivity contribution in [2.45, 2.75) is 32.3 Å². The SMILES string of the molecule is CCOC(OCC)c1ccc(C(O)C(O)CN)cc1. The second-order valence-electron chi connectivity index (χ2n) is 4.16.